The van der Waals surface area contributed by atoms with E-state index >= 15 is 0 Å². The van der Waals surface area contributed by atoms with E-state index in [4.69, 9.17) is 10.1 Å². The Morgan fingerprint density at radius 1 is 1.41 bits per heavy atom. The molecule has 1 aliphatic heterocycles. The summed E-state index contributed by atoms with van der Waals surface area (Å²) in [5.74, 6) is -0.379. The number of carbonyl (C=O) groups excluding carboxylic acids is 1. The molecule has 1 amide bonds. The highest BCUT2D eigenvalue weighted by atomic mass is 16.5. The molecule has 0 radical (unpaired) electrons. The molecule has 29 heavy (non-hydrogen) atoms. The van der Waals surface area contributed by atoms with Gasteiger partial charge >= 0.3 is 0 Å². The minimum Gasteiger partial charge on any atom is -0.376 e. The van der Waals surface area contributed by atoms with Crippen molar-refractivity contribution in [2.24, 2.45) is 0 Å². The molecule has 4 rings (SSSR count). The second-order valence-electron chi connectivity index (χ2n) is 7.75. The van der Waals surface area contributed by atoms with E-state index in [1.807, 2.05) is 26.8 Å². The minimum absolute atomic E-state index is 0.00465. The van der Waals surface area contributed by atoms with E-state index in [-0.39, 0.29) is 34.7 Å². The van der Waals surface area contributed by atoms with Crippen LogP contribution >= 0.6 is 0 Å². The third kappa shape index (κ3) is 3.33. The monoisotopic (exact) mass is 395 g/mol. The molecular weight excluding hydrogens is 370 g/mol. The zero-order valence-electron chi connectivity index (χ0n) is 16.9. The van der Waals surface area contributed by atoms with Crippen molar-refractivity contribution in [1.82, 2.24) is 19.3 Å². The number of hydrogen-bond acceptors (Lipinski definition) is 5. The van der Waals surface area contributed by atoms with Crippen molar-refractivity contribution in [2.75, 3.05) is 13.2 Å². The third-order valence-corrected chi connectivity index (χ3v) is 5.35. The summed E-state index contributed by atoms with van der Waals surface area (Å²) in [4.78, 5) is 30.7. The van der Waals surface area contributed by atoms with Gasteiger partial charge in [-0.1, -0.05) is 6.07 Å². The van der Waals surface area contributed by atoms with Crippen LogP contribution in [0, 0.1) is 12.3 Å². The quantitative estimate of drug-likeness (QED) is 0.659. The number of aromatic nitrogens is 3. The SMILES string of the molecule is Cc1cccn2c(=O)c3cc(C(=O)NC[C@H]4CCCO4)c(=N)n(C(C)C)c3nc12. The first-order valence-electron chi connectivity index (χ1n) is 9.90. The van der Waals surface area contributed by atoms with Crippen molar-refractivity contribution >= 4 is 22.6 Å². The number of hydrogen-bond donors (Lipinski definition) is 2. The van der Waals surface area contributed by atoms with Crippen LogP contribution in [0.3, 0.4) is 0 Å². The third-order valence-electron chi connectivity index (χ3n) is 5.35. The Morgan fingerprint density at radius 3 is 2.90 bits per heavy atom. The lowest BCUT2D eigenvalue weighted by atomic mass is 10.1. The molecule has 0 aromatic carbocycles. The van der Waals surface area contributed by atoms with Gasteiger partial charge in [0.2, 0.25) is 0 Å². The lowest BCUT2D eigenvalue weighted by molar-refractivity contribution is 0.0855. The van der Waals surface area contributed by atoms with Crippen molar-refractivity contribution < 1.29 is 9.53 Å². The molecule has 152 valence electrons. The maximum atomic E-state index is 13.2. The highest BCUT2D eigenvalue weighted by molar-refractivity contribution is 5.96. The summed E-state index contributed by atoms with van der Waals surface area (Å²) in [6.45, 7) is 6.82. The average molecular weight is 395 g/mol. The van der Waals surface area contributed by atoms with Crippen molar-refractivity contribution in [3.05, 3.63) is 51.4 Å². The molecule has 1 aliphatic rings. The smallest absolute Gasteiger partial charge is 0.267 e. The first kappa shape index (κ1) is 19.3. The summed E-state index contributed by atoms with van der Waals surface area (Å²) in [6.07, 6.45) is 3.57. The number of aryl methyl sites for hydroxylation is 1. The molecule has 0 spiro atoms. The summed E-state index contributed by atoms with van der Waals surface area (Å²) < 4.78 is 8.68. The van der Waals surface area contributed by atoms with E-state index in [0.717, 1.165) is 18.4 Å². The second kappa shape index (κ2) is 7.44. The van der Waals surface area contributed by atoms with Crippen LogP contribution in [0.15, 0.2) is 29.2 Å². The van der Waals surface area contributed by atoms with Gasteiger partial charge in [-0.25, -0.2) is 4.98 Å². The van der Waals surface area contributed by atoms with Crippen LogP contribution in [-0.2, 0) is 4.74 Å². The van der Waals surface area contributed by atoms with Gasteiger partial charge < -0.3 is 14.6 Å². The molecule has 0 saturated carbocycles. The zero-order chi connectivity index (χ0) is 20.7. The van der Waals surface area contributed by atoms with E-state index in [0.29, 0.717) is 29.8 Å². The summed E-state index contributed by atoms with van der Waals surface area (Å²) in [6, 6.07) is 5.03. The fourth-order valence-corrected chi connectivity index (χ4v) is 3.84. The number of pyridine rings is 2. The molecule has 8 nitrogen and oxygen atoms in total. The Kier molecular flexibility index (Phi) is 4.96. The van der Waals surface area contributed by atoms with Gasteiger partial charge in [0.25, 0.3) is 11.5 Å². The van der Waals surface area contributed by atoms with E-state index in [2.05, 4.69) is 10.3 Å². The first-order valence-corrected chi connectivity index (χ1v) is 9.90. The van der Waals surface area contributed by atoms with Gasteiger partial charge in [-0.3, -0.25) is 19.4 Å². The predicted molar refractivity (Wildman–Crippen MR) is 109 cm³/mol. The molecule has 2 N–H and O–H groups in total. The van der Waals surface area contributed by atoms with Gasteiger partial charge in [0.05, 0.1) is 17.1 Å². The molecule has 3 aromatic heterocycles. The van der Waals surface area contributed by atoms with Crippen LogP contribution in [0.5, 0.6) is 0 Å². The van der Waals surface area contributed by atoms with Crippen molar-refractivity contribution in [1.29, 1.82) is 5.41 Å². The van der Waals surface area contributed by atoms with E-state index in [1.165, 1.54) is 10.5 Å². The van der Waals surface area contributed by atoms with Crippen molar-refractivity contribution in [3.63, 3.8) is 0 Å². The van der Waals surface area contributed by atoms with Gasteiger partial charge in [-0.15, -0.1) is 0 Å². The van der Waals surface area contributed by atoms with Crippen LogP contribution in [-0.4, -0.2) is 39.1 Å². The Balaban J connectivity index is 1.90. The number of rotatable bonds is 4. The van der Waals surface area contributed by atoms with Crippen molar-refractivity contribution in [3.8, 4) is 0 Å². The number of ether oxygens (including phenoxy) is 1. The normalized spacial score (nSPS) is 16.8. The Labute approximate surface area is 167 Å². The molecule has 4 heterocycles. The Bertz CT molecular complexity index is 1220. The summed E-state index contributed by atoms with van der Waals surface area (Å²) in [5, 5.41) is 11.8. The molecule has 0 aliphatic carbocycles. The zero-order valence-corrected chi connectivity index (χ0v) is 16.9. The maximum absolute atomic E-state index is 13.2. The van der Waals surface area contributed by atoms with Crippen LogP contribution in [0.4, 0.5) is 0 Å². The fraction of sp³-hybridized carbons (Fsp3) is 0.429. The van der Waals surface area contributed by atoms with Gasteiger partial charge in [0.15, 0.2) is 0 Å². The van der Waals surface area contributed by atoms with E-state index < -0.39 is 0 Å². The number of fused-ring (bicyclic) bond motifs is 2. The van der Waals surface area contributed by atoms with Crippen LogP contribution < -0.4 is 16.4 Å². The largest absolute Gasteiger partial charge is 0.376 e. The lowest BCUT2D eigenvalue weighted by Crippen LogP contribution is -2.38. The maximum Gasteiger partial charge on any atom is 0.267 e. The molecule has 3 aromatic rings. The number of nitrogens with one attached hydrogen (secondary N) is 2. The molecular formula is C21H25N5O3. The number of nitrogens with zero attached hydrogens (tertiary/aromatic N) is 3. The Hall–Kier alpha value is -3.00. The molecule has 0 bridgehead atoms. The minimum atomic E-state index is -0.379. The lowest BCUT2D eigenvalue weighted by Gasteiger charge is -2.18. The molecule has 1 fully saturated rings. The Morgan fingerprint density at radius 2 is 2.21 bits per heavy atom. The summed E-state index contributed by atoms with van der Waals surface area (Å²) >= 11 is 0. The van der Waals surface area contributed by atoms with Crippen molar-refractivity contribution in [2.45, 2.75) is 45.8 Å². The van der Waals surface area contributed by atoms with Gasteiger partial charge in [0, 0.05) is 25.4 Å². The molecule has 8 heteroatoms. The van der Waals surface area contributed by atoms with Crippen LogP contribution in [0.2, 0.25) is 0 Å². The van der Waals surface area contributed by atoms with Crippen LogP contribution in [0.25, 0.3) is 16.7 Å². The fourth-order valence-electron chi connectivity index (χ4n) is 3.84. The predicted octanol–water partition coefficient (Wildman–Crippen LogP) is 1.93. The molecule has 1 atom stereocenters. The average Bonchev–Trinajstić information content (AvgIpc) is 3.20. The topological polar surface area (TPSA) is 101 Å². The summed E-state index contributed by atoms with van der Waals surface area (Å²) in [7, 11) is 0. The highest BCUT2D eigenvalue weighted by Crippen LogP contribution is 2.16. The molecule has 0 unspecified atom stereocenters. The summed E-state index contributed by atoms with van der Waals surface area (Å²) in [5.41, 5.74) is 1.79. The van der Waals surface area contributed by atoms with Gasteiger partial charge in [-0.05, 0) is 51.3 Å². The van der Waals surface area contributed by atoms with E-state index in [9.17, 15) is 9.59 Å². The van der Waals surface area contributed by atoms with Crippen LogP contribution in [0.1, 0.15) is 48.7 Å². The standard InChI is InChI=1S/C21H25N5O3/c1-12(2)26-17(22)15(20(27)23-11-14-7-5-9-29-14)10-16-19(26)24-18-13(3)6-4-8-25(18)21(16)28/h4,6,8,10,12,14,22H,5,7,9,11H2,1-3H3,(H,23,27)/t14-/m1/s1. The van der Waals surface area contributed by atoms with Gasteiger partial charge in [-0.2, -0.15) is 0 Å². The highest BCUT2D eigenvalue weighted by Gasteiger charge is 2.21. The van der Waals surface area contributed by atoms with Gasteiger partial charge in [0.1, 0.15) is 16.8 Å². The second-order valence-corrected chi connectivity index (χ2v) is 7.75. The number of amides is 1. The first-order chi connectivity index (χ1) is 13.9. The molecule has 1 saturated heterocycles. The number of carbonyl (C=O) groups is 1. The van der Waals surface area contributed by atoms with E-state index in [1.54, 1.807) is 16.8 Å².